The summed E-state index contributed by atoms with van der Waals surface area (Å²) >= 11 is 3.90. The lowest BCUT2D eigenvalue weighted by atomic mass is 10.1. The number of aliphatic carboxylic acids is 3. The zero-order chi connectivity index (χ0) is 24.3. The van der Waals surface area contributed by atoms with Gasteiger partial charge in [-0.2, -0.15) is 12.6 Å². The molecule has 0 saturated carbocycles. The summed E-state index contributed by atoms with van der Waals surface area (Å²) in [6.07, 6.45) is -3.12. The Balaban J connectivity index is 5.17. The monoisotopic (exact) mass is 466 g/mol. The Morgan fingerprint density at radius 1 is 0.871 bits per heavy atom. The Labute approximate surface area is 182 Å². The summed E-state index contributed by atoms with van der Waals surface area (Å²) in [5.41, 5.74) is 5.40. The number of carbonyl (C=O) groups excluding carboxylic acids is 3. The van der Waals surface area contributed by atoms with Crippen LogP contribution in [0, 0.1) is 0 Å². The first kappa shape index (κ1) is 28.1. The Morgan fingerprint density at radius 3 is 1.84 bits per heavy atom. The average molecular weight is 466 g/mol. The van der Waals surface area contributed by atoms with Crippen LogP contribution in [0.1, 0.15) is 26.2 Å². The van der Waals surface area contributed by atoms with E-state index in [9.17, 15) is 33.9 Å². The molecule has 176 valence electrons. The normalized spacial score (nSPS) is 15.5. The standard InChI is InChI=1S/C16H26N4O10S/c1-6(21)12(20-13(26)7(17)4-11(24)25)15(28)19-9(5-31)14(27)18-8(16(29)30)2-3-10(22)23/h6-9,12,21,31H,2-5,17H2,1H3,(H,18,27)(H,19,28)(H,20,26)(H,22,23)(H,24,25)(H,29,30). The molecule has 0 aliphatic rings. The fourth-order valence-electron chi connectivity index (χ4n) is 2.20. The highest BCUT2D eigenvalue weighted by atomic mass is 32.1. The van der Waals surface area contributed by atoms with Crippen molar-refractivity contribution in [3.8, 4) is 0 Å². The number of aliphatic hydroxyl groups excluding tert-OH is 1. The summed E-state index contributed by atoms with van der Waals surface area (Å²) in [5, 5.41) is 42.5. The van der Waals surface area contributed by atoms with E-state index in [2.05, 4.69) is 28.6 Å². The van der Waals surface area contributed by atoms with E-state index in [1.807, 2.05) is 0 Å². The van der Waals surface area contributed by atoms with Gasteiger partial charge in [-0.25, -0.2) is 4.79 Å². The van der Waals surface area contributed by atoms with E-state index in [0.717, 1.165) is 6.92 Å². The molecule has 0 radical (unpaired) electrons. The maximum atomic E-state index is 12.4. The zero-order valence-electron chi connectivity index (χ0n) is 16.5. The van der Waals surface area contributed by atoms with Crippen LogP contribution in [0.2, 0.25) is 0 Å². The van der Waals surface area contributed by atoms with E-state index >= 15 is 0 Å². The summed E-state index contributed by atoms with van der Waals surface area (Å²) in [7, 11) is 0. The topological polar surface area (TPSA) is 245 Å². The number of thiol groups is 1. The zero-order valence-corrected chi connectivity index (χ0v) is 17.4. The summed E-state index contributed by atoms with van der Waals surface area (Å²) in [4.78, 5) is 69.1. The van der Waals surface area contributed by atoms with Crippen LogP contribution in [0.15, 0.2) is 0 Å². The highest BCUT2D eigenvalue weighted by Crippen LogP contribution is 2.02. The van der Waals surface area contributed by atoms with Gasteiger partial charge >= 0.3 is 17.9 Å². The average Bonchev–Trinajstić information content (AvgIpc) is 2.65. The van der Waals surface area contributed by atoms with Crippen molar-refractivity contribution in [3.63, 3.8) is 0 Å². The number of carboxylic acid groups (broad SMARTS) is 3. The van der Waals surface area contributed by atoms with Gasteiger partial charge in [0, 0.05) is 12.2 Å². The Kier molecular flexibility index (Phi) is 12.1. The van der Waals surface area contributed by atoms with Gasteiger partial charge in [0.1, 0.15) is 18.1 Å². The Hall–Kier alpha value is -2.91. The van der Waals surface area contributed by atoms with Crippen molar-refractivity contribution in [1.29, 1.82) is 0 Å². The minimum atomic E-state index is -1.61. The molecule has 31 heavy (non-hydrogen) atoms. The van der Waals surface area contributed by atoms with Crippen LogP contribution in [-0.4, -0.2) is 92.1 Å². The number of aliphatic hydroxyl groups is 1. The van der Waals surface area contributed by atoms with Crippen molar-refractivity contribution in [1.82, 2.24) is 16.0 Å². The molecule has 0 rings (SSSR count). The highest BCUT2D eigenvalue weighted by molar-refractivity contribution is 7.80. The Morgan fingerprint density at radius 2 is 1.42 bits per heavy atom. The largest absolute Gasteiger partial charge is 0.481 e. The number of nitrogens with one attached hydrogen (secondary N) is 3. The van der Waals surface area contributed by atoms with Crippen molar-refractivity contribution in [2.45, 2.75) is 56.5 Å². The SMILES string of the molecule is CC(O)C(NC(=O)C(N)CC(=O)O)C(=O)NC(CS)C(=O)NC(CCC(=O)O)C(=O)O. The first-order valence-electron chi connectivity index (χ1n) is 8.92. The number of hydrogen-bond acceptors (Lipinski definition) is 9. The smallest absolute Gasteiger partial charge is 0.326 e. The van der Waals surface area contributed by atoms with E-state index < -0.39 is 85.2 Å². The van der Waals surface area contributed by atoms with Crippen LogP contribution in [0.4, 0.5) is 0 Å². The molecule has 3 amide bonds. The molecule has 0 spiro atoms. The van der Waals surface area contributed by atoms with Crippen LogP contribution in [-0.2, 0) is 28.8 Å². The third-order valence-electron chi connectivity index (χ3n) is 3.87. The molecule has 14 nitrogen and oxygen atoms in total. The third kappa shape index (κ3) is 10.6. The molecular weight excluding hydrogens is 440 g/mol. The van der Waals surface area contributed by atoms with Crippen molar-refractivity contribution in [2.24, 2.45) is 5.73 Å². The van der Waals surface area contributed by atoms with Gasteiger partial charge in [-0.1, -0.05) is 0 Å². The molecule has 0 aromatic carbocycles. The number of hydrogen-bond donors (Lipinski definition) is 9. The minimum absolute atomic E-state index is 0.304. The maximum absolute atomic E-state index is 12.4. The maximum Gasteiger partial charge on any atom is 0.326 e. The predicted octanol–water partition coefficient (Wildman–Crippen LogP) is -3.50. The molecule has 0 bridgehead atoms. The van der Waals surface area contributed by atoms with Gasteiger partial charge in [0.2, 0.25) is 17.7 Å². The van der Waals surface area contributed by atoms with Crippen LogP contribution in [0.25, 0.3) is 0 Å². The van der Waals surface area contributed by atoms with Gasteiger partial charge in [0.25, 0.3) is 0 Å². The molecule has 15 heteroatoms. The van der Waals surface area contributed by atoms with Gasteiger partial charge in [-0.15, -0.1) is 0 Å². The molecule has 0 aliphatic carbocycles. The van der Waals surface area contributed by atoms with Crippen molar-refractivity contribution in [3.05, 3.63) is 0 Å². The molecule has 5 unspecified atom stereocenters. The lowest BCUT2D eigenvalue weighted by Gasteiger charge is -2.25. The van der Waals surface area contributed by atoms with Crippen molar-refractivity contribution in [2.75, 3.05) is 5.75 Å². The van der Waals surface area contributed by atoms with E-state index in [1.54, 1.807) is 0 Å². The summed E-state index contributed by atoms with van der Waals surface area (Å²) < 4.78 is 0. The summed E-state index contributed by atoms with van der Waals surface area (Å²) in [6, 6.07) is -6.04. The fourth-order valence-corrected chi connectivity index (χ4v) is 2.46. The van der Waals surface area contributed by atoms with Crippen molar-refractivity contribution < 1.29 is 49.2 Å². The van der Waals surface area contributed by atoms with Crippen LogP contribution < -0.4 is 21.7 Å². The number of amides is 3. The second-order valence-electron chi connectivity index (χ2n) is 6.51. The summed E-state index contributed by atoms with van der Waals surface area (Å²) in [6.45, 7) is 1.15. The quantitative estimate of drug-likeness (QED) is 0.114. The number of nitrogens with two attached hydrogens (primary N) is 1. The van der Waals surface area contributed by atoms with E-state index in [4.69, 9.17) is 21.1 Å². The molecule has 0 aromatic rings. The fraction of sp³-hybridized carbons (Fsp3) is 0.625. The molecule has 0 saturated heterocycles. The van der Waals surface area contributed by atoms with Gasteiger partial charge in [0.05, 0.1) is 18.6 Å². The van der Waals surface area contributed by atoms with Gasteiger partial charge in [-0.05, 0) is 13.3 Å². The van der Waals surface area contributed by atoms with Crippen LogP contribution in [0.5, 0.6) is 0 Å². The lowest BCUT2D eigenvalue weighted by molar-refractivity contribution is -0.143. The van der Waals surface area contributed by atoms with Gasteiger partial charge in [-0.3, -0.25) is 24.0 Å². The van der Waals surface area contributed by atoms with E-state index in [0.29, 0.717) is 0 Å². The number of carboxylic acids is 3. The van der Waals surface area contributed by atoms with Crippen LogP contribution in [0.3, 0.4) is 0 Å². The molecule has 0 aromatic heterocycles. The first-order chi connectivity index (χ1) is 14.3. The third-order valence-corrected chi connectivity index (χ3v) is 4.24. The van der Waals surface area contributed by atoms with Crippen LogP contribution >= 0.6 is 12.6 Å². The molecule has 0 aliphatic heterocycles. The predicted molar refractivity (Wildman–Crippen MR) is 106 cm³/mol. The van der Waals surface area contributed by atoms with Crippen molar-refractivity contribution >= 4 is 48.3 Å². The molecule has 5 atom stereocenters. The second-order valence-corrected chi connectivity index (χ2v) is 6.87. The second kappa shape index (κ2) is 13.4. The van der Waals surface area contributed by atoms with Gasteiger partial charge < -0.3 is 42.1 Å². The lowest BCUT2D eigenvalue weighted by Crippen LogP contribution is -2.60. The van der Waals surface area contributed by atoms with Gasteiger partial charge in [0.15, 0.2) is 0 Å². The molecule has 0 heterocycles. The van der Waals surface area contributed by atoms with E-state index in [1.165, 1.54) is 0 Å². The number of rotatable bonds is 14. The number of carbonyl (C=O) groups is 6. The first-order valence-corrected chi connectivity index (χ1v) is 9.55. The highest BCUT2D eigenvalue weighted by Gasteiger charge is 2.32. The summed E-state index contributed by atoms with van der Waals surface area (Å²) in [5.74, 6) is -7.48. The van der Waals surface area contributed by atoms with E-state index in [-0.39, 0.29) is 5.75 Å². The molecular formula is C16H26N4O10S. The Bertz CT molecular complexity index is 702. The minimum Gasteiger partial charge on any atom is -0.481 e. The molecule has 9 N–H and O–H groups in total. The molecule has 0 fully saturated rings.